The van der Waals surface area contributed by atoms with Gasteiger partial charge in [0.25, 0.3) is 5.79 Å². The summed E-state index contributed by atoms with van der Waals surface area (Å²) in [6.45, 7) is 5.70. The summed E-state index contributed by atoms with van der Waals surface area (Å²) in [6, 6.07) is 14.4. The fraction of sp³-hybridized carbons (Fsp3) is 0.148. The van der Waals surface area contributed by atoms with Crippen molar-refractivity contribution < 1.29 is 98.2 Å². The van der Waals surface area contributed by atoms with Crippen molar-refractivity contribution in [2.75, 3.05) is 0 Å². The molecule has 111 heavy (non-hydrogen) atoms. The highest BCUT2D eigenvalue weighted by molar-refractivity contribution is 7.98. The van der Waals surface area contributed by atoms with Gasteiger partial charge in [-0.15, -0.1) is 0 Å². The molecule has 0 aromatic heterocycles. The Balaban J connectivity index is 1.08. The fourth-order valence-electron chi connectivity index (χ4n) is 13.1. The molecular formula is C61H32N24O22S4. The number of carbonyl (C=O) groups excluding carboxylic acids is 8. The van der Waals surface area contributed by atoms with Gasteiger partial charge in [-0.2, -0.15) is 33.7 Å². The quantitative estimate of drug-likeness (QED) is 0.0225. The molecule has 0 unspecified atom stereocenters. The first-order valence-corrected chi connectivity index (χ1v) is 35.9. The van der Waals surface area contributed by atoms with Crippen LogP contribution in [0.15, 0.2) is 161 Å². The highest BCUT2D eigenvalue weighted by atomic mass is 32.2. The third kappa shape index (κ3) is 12.6. The lowest BCUT2D eigenvalue weighted by molar-refractivity contribution is -0.166. The van der Waals surface area contributed by atoms with Crippen molar-refractivity contribution in [2.45, 2.75) is 57.2 Å². The van der Waals surface area contributed by atoms with Crippen LogP contribution in [0.4, 0.5) is 22.7 Å². The molecule has 0 fully saturated rings. The average Bonchev–Trinajstić information content (AvgIpc) is 0.709. The number of hydrogen-bond acceptors (Lipinski definition) is 30. The van der Waals surface area contributed by atoms with Crippen LogP contribution in [0.25, 0.3) is 103 Å². The molecule has 4 aliphatic carbocycles. The monoisotopic (exact) mass is 1580 g/mol. The molecule has 0 saturated heterocycles. The summed E-state index contributed by atoms with van der Waals surface area (Å²) in [5.41, 5.74) is 57.7. The summed E-state index contributed by atoms with van der Waals surface area (Å²) in [7, 11) is -24.2. The Bertz CT molecular complexity index is 6260. The predicted molar refractivity (Wildman–Crippen MR) is 373 cm³/mol. The Kier molecular flexibility index (Phi) is 18.5. The second-order valence-electron chi connectivity index (χ2n) is 24.6. The van der Waals surface area contributed by atoms with E-state index in [9.17, 15) is 82.6 Å². The Morgan fingerprint density at radius 1 is 0.324 bits per heavy atom. The van der Waals surface area contributed by atoms with Gasteiger partial charge in [0, 0.05) is 153 Å². The van der Waals surface area contributed by atoms with Gasteiger partial charge in [0.15, 0.2) is 23.0 Å². The fourth-order valence-corrected chi connectivity index (χ4v) is 18.2. The molecule has 552 valence electrons. The first-order valence-electron chi connectivity index (χ1n) is 30.3. The molecule has 6 aliphatic rings. The lowest BCUT2D eigenvalue weighted by atomic mass is 9.69. The van der Waals surface area contributed by atoms with Gasteiger partial charge in [0.1, 0.15) is 53.9 Å². The maximum absolute atomic E-state index is 15.4. The van der Waals surface area contributed by atoms with Gasteiger partial charge in [-0.05, 0) is 56.4 Å². The molecule has 1 spiro atoms. The summed E-state index contributed by atoms with van der Waals surface area (Å²) in [6.07, 6.45) is -1.06. The molecule has 50 heteroatoms. The molecule has 0 N–H and O–H groups in total. The second-order valence-corrected chi connectivity index (χ2v) is 30.6. The van der Waals surface area contributed by atoms with E-state index in [-0.39, 0.29) is 11.1 Å². The lowest BCUT2D eigenvalue weighted by Gasteiger charge is -2.51. The van der Waals surface area contributed by atoms with Crippen LogP contribution in [0.3, 0.4) is 0 Å². The zero-order valence-electron chi connectivity index (χ0n) is 55.5. The molecule has 0 bridgehead atoms. The van der Waals surface area contributed by atoms with Gasteiger partial charge < -0.3 is 26.2 Å². The second kappa shape index (κ2) is 27.3. The summed E-state index contributed by atoms with van der Waals surface area (Å²) in [5, 5.41) is 26.4. The van der Waals surface area contributed by atoms with E-state index in [0.717, 1.165) is 84.9 Å². The van der Waals surface area contributed by atoms with Crippen molar-refractivity contribution in [1.82, 2.24) is 0 Å². The molecule has 2 aliphatic heterocycles. The van der Waals surface area contributed by atoms with Crippen LogP contribution in [0, 0.1) is 0 Å². The predicted octanol–water partition coefficient (Wildman–Crippen LogP) is 13.6. The first-order chi connectivity index (χ1) is 52.5. The van der Waals surface area contributed by atoms with Crippen LogP contribution >= 0.6 is 0 Å². The van der Waals surface area contributed by atoms with Crippen LogP contribution in [-0.4, -0.2) is 85.7 Å². The summed E-state index contributed by atoms with van der Waals surface area (Å²) in [5.74, 6) is -22.1. The largest absolute Gasteiger partial charge is 0.452 e. The standard InChI is InChI=1S/C61H32N24O22S4/c1-59(2)21-61(102-33-19-37(106-110(98,99)57-41-25(11-7-15-31(41)72-80-64)49(88)53(92)45(57)76-84-68)35(17-27(33)59)104-108(94,95)55-39-23(9-5-13-29(39)70-78-62)47(86)51(90)43(55)74-82-66)22-60(3,4)28-18-36(105-109(96,97)56-40-24(10-6-14-30(40)71-79-63)48(87)52(91)44(56)75-83-67)38(20-34(28)103-61)107-111(100,101)58-42-26(12-8-16-32(42)73-81-65)50(89)54(93)46(58)77-85-69/h5-20H,21-22H2,1-4H3. The number of rotatable bonds is 20. The van der Waals surface area contributed by atoms with Gasteiger partial charge in [0.05, 0.1) is 0 Å². The number of Topliss-reactive ketones (excluding diaryl/α,β-unsaturated/α-hetero) is 8. The van der Waals surface area contributed by atoms with Crippen LogP contribution in [-0.2, 0) is 70.5 Å². The van der Waals surface area contributed by atoms with Crippen LogP contribution in [0.5, 0.6) is 34.5 Å². The zero-order valence-corrected chi connectivity index (χ0v) is 58.8. The van der Waals surface area contributed by atoms with Crippen molar-refractivity contribution in [2.24, 2.45) is 40.9 Å². The number of allylic oxidation sites excluding steroid dienone is 4. The van der Waals surface area contributed by atoms with E-state index in [1.165, 1.54) is 27.7 Å². The third-order valence-corrected chi connectivity index (χ3v) is 22.3. The van der Waals surface area contributed by atoms with E-state index < -0.39 is 260 Å². The minimum Gasteiger partial charge on any atom is -0.452 e. The summed E-state index contributed by atoms with van der Waals surface area (Å²) >= 11 is 0. The number of azide groups is 8. The lowest BCUT2D eigenvalue weighted by Crippen LogP contribution is -2.55. The van der Waals surface area contributed by atoms with Crippen LogP contribution in [0.2, 0.25) is 0 Å². The number of fused-ring (bicyclic) bond motifs is 6. The average molecular weight is 1580 g/mol. The number of carbonyl (C=O) groups is 8. The van der Waals surface area contributed by atoms with E-state index in [4.69, 9.17) is 26.2 Å². The SMILES string of the molecule is CC1(C)CC2(CC(C)(C)c3cc(OS(=O)(=O)C4=C(N=[N+]=[N-])C(=O)C(=O)c5cccc(N=[N+]=[N-])c54)c(OS(=O)(=O)C4=C(N=[N+]=[N-])C(=O)C(=O)c5cccc(N=[N+]=[N-])c54)cc3O2)Oc2cc(OS(=O)(=O)C3=C(N=[N+]=[N-])C(=O)C(=O)c4cccc(N=[N+]=[N-])c43)c(OS(=O)(=O)C3=C(N=[N+]=[N-])C(=O)C(=O)c4cccc(N=[N+]=[N-])c43)cc21. The van der Waals surface area contributed by atoms with E-state index in [1.54, 1.807) is 0 Å². The Labute approximate surface area is 615 Å². The van der Waals surface area contributed by atoms with E-state index in [1.807, 2.05) is 0 Å². The van der Waals surface area contributed by atoms with Gasteiger partial charge in [0.2, 0.25) is 46.3 Å². The molecule has 0 atom stereocenters. The molecule has 0 amide bonds. The number of nitrogens with zero attached hydrogens (tertiary/aromatic N) is 24. The van der Waals surface area contributed by atoms with Gasteiger partial charge in [-0.1, -0.05) is 141 Å². The molecule has 0 saturated carbocycles. The number of ketones is 8. The van der Waals surface area contributed by atoms with Crippen molar-refractivity contribution in [3.63, 3.8) is 0 Å². The molecule has 2 heterocycles. The molecule has 12 rings (SSSR count). The normalized spacial score (nSPS) is 17.2. The van der Waals surface area contributed by atoms with Gasteiger partial charge >= 0.3 is 40.5 Å². The highest BCUT2D eigenvalue weighted by Crippen LogP contribution is 2.59. The van der Waals surface area contributed by atoms with Crippen molar-refractivity contribution in [3.8, 4) is 34.5 Å². The topological polar surface area (TPSA) is 719 Å². The van der Waals surface area contributed by atoms with Gasteiger partial charge in [-0.3, -0.25) is 38.4 Å². The smallest absolute Gasteiger partial charge is 0.340 e. The minimum absolute atomic E-state index is 0.232. The Morgan fingerprint density at radius 3 is 0.757 bits per heavy atom. The third-order valence-electron chi connectivity index (χ3n) is 17.2. The minimum atomic E-state index is -6.10. The number of benzene rings is 6. The zero-order chi connectivity index (χ0) is 80.6. The van der Waals surface area contributed by atoms with Gasteiger partial charge in [-0.25, -0.2) is 0 Å². The van der Waals surface area contributed by atoms with Crippen LogP contribution < -0.4 is 26.2 Å². The number of ether oxygens (including phenoxy) is 2. The summed E-state index contributed by atoms with van der Waals surface area (Å²) < 4.78 is 159. The molecule has 6 aromatic rings. The highest BCUT2D eigenvalue weighted by Gasteiger charge is 2.56. The Hall–Kier alpha value is -15.3. The molecular weight excluding hydrogens is 1550 g/mol. The Morgan fingerprint density at radius 2 is 0.541 bits per heavy atom. The van der Waals surface area contributed by atoms with E-state index in [2.05, 4.69) is 80.2 Å². The maximum atomic E-state index is 15.4. The molecule has 0 radical (unpaired) electrons. The molecule has 46 nitrogen and oxygen atoms in total. The van der Waals surface area contributed by atoms with Crippen molar-refractivity contribution in [3.05, 3.63) is 259 Å². The summed E-state index contributed by atoms with van der Waals surface area (Å²) in [4.78, 5) is 124. The van der Waals surface area contributed by atoms with Crippen molar-refractivity contribution in [1.29, 1.82) is 0 Å². The van der Waals surface area contributed by atoms with Crippen LogP contribution in [0.1, 0.15) is 115 Å². The number of hydrogen-bond donors (Lipinski definition) is 0. The first kappa shape index (κ1) is 75.4. The van der Waals surface area contributed by atoms with E-state index >= 15 is 33.7 Å². The van der Waals surface area contributed by atoms with Crippen molar-refractivity contribution >= 4 is 129 Å². The maximum Gasteiger partial charge on any atom is 0.340 e. The molecule has 6 aromatic carbocycles. The van der Waals surface area contributed by atoms with E-state index in [0.29, 0.717) is 12.1 Å².